The zero-order valence-corrected chi connectivity index (χ0v) is 13.1. The second-order valence-corrected chi connectivity index (χ2v) is 5.32. The fourth-order valence-electron chi connectivity index (χ4n) is 2.59. The van der Waals surface area contributed by atoms with Gasteiger partial charge in [0.25, 0.3) is 0 Å². The number of carbonyl (C=O) groups is 1. The monoisotopic (exact) mass is 312 g/mol. The minimum Gasteiger partial charge on any atom is -0.350 e. The maximum atomic E-state index is 12.0. The van der Waals surface area contributed by atoms with Crippen molar-refractivity contribution in [3.63, 3.8) is 0 Å². The number of fused-ring (bicyclic) bond motifs is 1. The molecule has 7 heteroatoms. The SMILES string of the molecule is CCn1nc(CNC(=O)CCCn2cncn2)c2ccccc21. The Hall–Kier alpha value is -2.70. The van der Waals surface area contributed by atoms with Crippen LogP contribution in [-0.4, -0.2) is 30.5 Å². The molecule has 0 spiro atoms. The van der Waals surface area contributed by atoms with Crippen LogP contribution in [0.2, 0.25) is 0 Å². The highest BCUT2D eigenvalue weighted by atomic mass is 16.1. The molecule has 1 aromatic carbocycles. The highest BCUT2D eigenvalue weighted by Crippen LogP contribution is 2.18. The Kier molecular flexibility index (Phi) is 4.65. The van der Waals surface area contributed by atoms with Crippen molar-refractivity contribution in [3.05, 3.63) is 42.6 Å². The third-order valence-electron chi connectivity index (χ3n) is 3.74. The molecule has 0 radical (unpaired) electrons. The maximum Gasteiger partial charge on any atom is 0.220 e. The summed E-state index contributed by atoms with van der Waals surface area (Å²) in [4.78, 5) is 15.8. The molecule has 120 valence electrons. The topological polar surface area (TPSA) is 77.6 Å². The van der Waals surface area contributed by atoms with Crippen molar-refractivity contribution in [3.8, 4) is 0 Å². The van der Waals surface area contributed by atoms with E-state index in [-0.39, 0.29) is 5.91 Å². The molecular formula is C16H20N6O. The molecule has 0 unspecified atom stereocenters. The molecule has 0 saturated carbocycles. The first-order chi connectivity index (χ1) is 11.3. The van der Waals surface area contributed by atoms with Crippen LogP contribution in [0.4, 0.5) is 0 Å². The Morgan fingerprint density at radius 3 is 2.96 bits per heavy atom. The summed E-state index contributed by atoms with van der Waals surface area (Å²) in [6, 6.07) is 8.09. The predicted molar refractivity (Wildman–Crippen MR) is 86.5 cm³/mol. The van der Waals surface area contributed by atoms with Crippen LogP contribution in [0.25, 0.3) is 10.9 Å². The quantitative estimate of drug-likeness (QED) is 0.721. The fraction of sp³-hybridized carbons (Fsp3) is 0.375. The van der Waals surface area contributed by atoms with Crippen LogP contribution in [0.3, 0.4) is 0 Å². The van der Waals surface area contributed by atoms with Gasteiger partial charge in [-0.2, -0.15) is 10.2 Å². The first-order valence-electron chi connectivity index (χ1n) is 7.81. The molecule has 2 heterocycles. The van der Waals surface area contributed by atoms with Gasteiger partial charge in [-0.15, -0.1) is 0 Å². The van der Waals surface area contributed by atoms with E-state index >= 15 is 0 Å². The average molecular weight is 312 g/mol. The highest BCUT2D eigenvalue weighted by molar-refractivity contribution is 5.82. The van der Waals surface area contributed by atoms with E-state index in [1.54, 1.807) is 11.0 Å². The second kappa shape index (κ2) is 7.04. The lowest BCUT2D eigenvalue weighted by atomic mass is 10.2. The van der Waals surface area contributed by atoms with Crippen molar-refractivity contribution in [2.24, 2.45) is 0 Å². The summed E-state index contributed by atoms with van der Waals surface area (Å²) < 4.78 is 3.69. The molecule has 3 aromatic rings. The molecule has 3 rings (SSSR count). The van der Waals surface area contributed by atoms with Gasteiger partial charge >= 0.3 is 0 Å². The summed E-state index contributed by atoms with van der Waals surface area (Å²) in [7, 11) is 0. The molecule has 0 fully saturated rings. The summed E-state index contributed by atoms with van der Waals surface area (Å²) in [5, 5.41) is 12.6. The van der Waals surface area contributed by atoms with Gasteiger partial charge in [-0.3, -0.25) is 14.2 Å². The molecule has 23 heavy (non-hydrogen) atoms. The van der Waals surface area contributed by atoms with Gasteiger partial charge < -0.3 is 5.32 Å². The first kappa shape index (κ1) is 15.2. The van der Waals surface area contributed by atoms with Gasteiger partial charge in [0.05, 0.1) is 17.8 Å². The van der Waals surface area contributed by atoms with E-state index < -0.39 is 0 Å². The molecule has 1 N–H and O–H groups in total. The zero-order chi connectivity index (χ0) is 16.1. The van der Waals surface area contributed by atoms with Gasteiger partial charge in [0.15, 0.2) is 0 Å². The summed E-state index contributed by atoms with van der Waals surface area (Å²) in [5.74, 6) is 0.0280. The Balaban J connectivity index is 1.54. The lowest BCUT2D eigenvalue weighted by molar-refractivity contribution is -0.121. The van der Waals surface area contributed by atoms with Crippen LogP contribution in [0.15, 0.2) is 36.9 Å². The molecule has 0 saturated heterocycles. The number of hydrogen-bond donors (Lipinski definition) is 1. The lowest BCUT2D eigenvalue weighted by Gasteiger charge is -2.04. The Morgan fingerprint density at radius 1 is 1.30 bits per heavy atom. The number of rotatable bonds is 7. The zero-order valence-electron chi connectivity index (χ0n) is 13.1. The van der Waals surface area contributed by atoms with E-state index in [1.807, 2.05) is 22.9 Å². The van der Waals surface area contributed by atoms with E-state index in [0.29, 0.717) is 19.5 Å². The van der Waals surface area contributed by atoms with Crippen molar-refractivity contribution in [1.82, 2.24) is 29.9 Å². The lowest BCUT2D eigenvalue weighted by Crippen LogP contribution is -2.23. The molecule has 0 atom stereocenters. The average Bonchev–Trinajstić information content (AvgIpc) is 3.20. The van der Waals surface area contributed by atoms with Gasteiger partial charge in [-0.25, -0.2) is 4.98 Å². The number of hydrogen-bond acceptors (Lipinski definition) is 4. The van der Waals surface area contributed by atoms with E-state index in [0.717, 1.165) is 29.6 Å². The number of nitrogens with one attached hydrogen (secondary N) is 1. The van der Waals surface area contributed by atoms with Crippen LogP contribution < -0.4 is 5.32 Å². The predicted octanol–water partition coefficient (Wildman–Crippen LogP) is 1.74. The fourth-order valence-corrected chi connectivity index (χ4v) is 2.59. The third-order valence-corrected chi connectivity index (χ3v) is 3.74. The molecule has 0 aliphatic carbocycles. The first-order valence-corrected chi connectivity index (χ1v) is 7.81. The number of aryl methyl sites for hydroxylation is 2. The van der Waals surface area contributed by atoms with E-state index in [9.17, 15) is 4.79 Å². The van der Waals surface area contributed by atoms with Gasteiger partial charge in [0.1, 0.15) is 12.7 Å². The number of aromatic nitrogens is 5. The maximum absolute atomic E-state index is 12.0. The highest BCUT2D eigenvalue weighted by Gasteiger charge is 2.10. The molecule has 1 amide bonds. The van der Waals surface area contributed by atoms with Gasteiger partial charge in [-0.1, -0.05) is 18.2 Å². The summed E-state index contributed by atoms with van der Waals surface area (Å²) in [6.45, 7) is 4.02. The van der Waals surface area contributed by atoms with E-state index in [2.05, 4.69) is 33.5 Å². The van der Waals surface area contributed by atoms with Crippen LogP contribution in [-0.2, 0) is 24.4 Å². The molecular weight excluding hydrogens is 292 g/mol. The van der Waals surface area contributed by atoms with Crippen molar-refractivity contribution in [2.45, 2.75) is 39.4 Å². The third kappa shape index (κ3) is 3.56. The Labute approximate surface area is 134 Å². The van der Waals surface area contributed by atoms with E-state index in [4.69, 9.17) is 0 Å². The Bertz CT molecular complexity index is 777. The van der Waals surface area contributed by atoms with Crippen LogP contribution in [0.5, 0.6) is 0 Å². The second-order valence-electron chi connectivity index (χ2n) is 5.32. The standard InChI is InChI=1S/C16H20N6O/c1-2-22-15-7-4-3-6-13(15)14(20-22)10-18-16(23)8-5-9-21-12-17-11-19-21/h3-4,6-7,11-12H,2,5,8-10H2,1H3,(H,18,23). The van der Waals surface area contributed by atoms with Crippen molar-refractivity contribution in [2.75, 3.05) is 0 Å². The van der Waals surface area contributed by atoms with E-state index in [1.165, 1.54) is 6.33 Å². The minimum absolute atomic E-state index is 0.0280. The normalized spacial score (nSPS) is 11.0. The number of benzene rings is 1. The summed E-state index contributed by atoms with van der Waals surface area (Å²) in [5.41, 5.74) is 2.01. The minimum atomic E-state index is 0.0280. The number of amides is 1. The molecule has 0 bridgehead atoms. The van der Waals surface area contributed by atoms with Gasteiger partial charge in [0, 0.05) is 24.9 Å². The summed E-state index contributed by atoms with van der Waals surface area (Å²) >= 11 is 0. The number of para-hydroxylation sites is 1. The molecule has 0 aliphatic heterocycles. The van der Waals surface area contributed by atoms with Gasteiger partial charge in [0.2, 0.25) is 5.91 Å². The van der Waals surface area contributed by atoms with Crippen molar-refractivity contribution < 1.29 is 4.79 Å². The van der Waals surface area contributed by atoms with Crippen LogP contribution in [0, 0.1) is 0 Å². The van der Waals surface area contributed by atoms with Crippen LogP contribution in [0.1, 0.15) is 25.5 Å². The summed E-state index contributed by atoms with van der Waals surface area (Å²) in [6.07, 6.45) is 4.35. The van der Waals surface area contributed by atoms with Crippen molar-refractivity contribution in [1.29, 1.82) is 0 Å². The van der Waals surface area contributed by atoms with Crippen LogP contribution >= 0.6 is 0 Å². The molecule has 2 aromatic heterocycles. The smallest absolute Gasteiger partial charge is 0.220 e. The van der Waals surface area contributed by atoms with Gasteiger partial charge in [-0.05, 0) is 19.4 Å². The van der Waals surface area contributed by atoms with Crippen molar-refractivity contribution >= 4 is 16.8 Å². The Morgan fingerprint density at radius 2 is 2.17 bits per heavy atom. The molecule has 7 nitrogen and oxygen atoms in total. The molecule has 0 aliphatic rings. The number of nitrogens with zero attached hydrogens (tertiary/aromatic N) is 5. The largest absolute Gasteiger partial charge is 0.350 e. The number of carbonyl (C=O) groups excluding carboxylic acids is 1.